The Balaban J connectivity index is 1.44. The number of piperazine rings is 1. The highest BCUT2D eigenvalue weighted by Gasteiger charge is 2.23. The summed E-state index contributed by atoms with van der Waals surface area (Å²) in [5, 5.41) is 0. The number of nitrogens with zero attached hydrogens (tertiary/aromatic N) is 4. The van der Waals surface area contributed by atoms with Crippen LogP contribution in [0.5, 0.6) is 0 Å². The van der Waals surface area contributed by atoms with Crippen LogP contribution < -0.4 is 4.90 Å². The van der Waals surface area contributed by atoms with Gasteiger partial charge in [-0.1, -0.05) is 0 Å². The number of aromatic nitrogens is 1. The second-order valence-corrected chi connectivity index (χ2v) is 7.34. The minimum Gasteiger partial charge on any atom is -0.368 e. The number of pyridine rings is 1. The zero-order chi connectivity index (χ0) is 16.9. The molecule has 5 nitrogen and oxygen atoms in total. The Morgan fingerprint density at radius 2 is 2.04 bits per heavy atom. The van der Waals surface area contributed by atoms with Gasteiger partial charge < -0.3 is 14.7 Å². The number of anilines is 1. The average molecular weight is 330 g/mol. The molecule has 2 aliphatic heterocycles. The van der Waals surface area contributed by atoms with E-state index in [1.54, 1.807) is 0 Å². The normalized spacial score (nSPS) is 22.7. The van der Waals surface area contributed by atoms with Crippen LogP contribution >= 0.6 is 0 Å². The van der Waals surface area contributed by atoms with Crippen LogP contribution in [-0.2, 0) is 4.79 Å². The molecule has 0 spiro atoms. The number of rotatable bonds is 4. The van der Waals surface area contributed by atoms with E-state index in [4.69, 9.17) is 0 Å². The van der Waals surface area contributed by atoms with Crippen LogP contribution in [0, 0.1) is 12.8 Å². The molecule has 3 heterocycles. The molecule has 0 aromatic carbocycles. The Morgan fingerprint density at radius 3 is 2.75 bits per heavy atom. The van der Waals surface area contributed by atoms with Crippen molar-refractivity contribution < 1.29 is 4.79 Å². The minimum atomic E-state index is 0.342. The molecule has 1 unspecified atom stereocenters. The van der Waals surface area contributed by atoms with E-state index in [9.17, 15) is 4.79 Å². The van der Waals surface area contributed by atoms with Gasteiger partial charge in [0, 0.05) is 57.2 Å². The lowest BCUT2D eigenvalue weighted by atomic mass is 9.93. The second kappa shape index (κ2) is 7.97. The number of hydrogen-bond donors (Lipinski definition) is 0. The molecule has 5 heteroatoms. The van der Waals surface area contributed by atoms with Crippen molar-refractivity contribution in [2.24, 2.45) is 5.92 Å². The summed E-state index contributed by atoms with van der Waals surface area (Å²) in [6.45, 7) is 7.98. The first-order chi connectivity index (χ1) is 11.6. The third-order valence-electron chi connectivity index (χ3n) is 5.45. The van der Waals surface area contributed by atoms with Crippen molar-refractivity contribution in [3.05, 3.63) is 24.0 Å². The van der Waals surface area contributed by atoms with E-state index in [-0.39, 0.29) is 0 Å². The first-order valence-electron chi connectivity index (χ1n) is 9.25. The fourth-order valence-corrected chi connectivity index (χ4v) is 4.01. The van der Waals surface area contributed by atoms with Gasteiger partial charge in [0.1, 0.15) is 0 Å². The second-order valence-electron chi connectivity index (χ2n) is 7.34. The standard InChI is InChI=1S/C19H30N4O/c1-16-14-20-8-7-18(16)22-10-12-23(13-11-22)19(24)6-5-17-4-3-9-21(2)15-17/h7-8,14,17H,3-6,9-13,15H2,1-2H3. The van der Waals surface area contributed by atoms with Crippen molar-refractivity contribution >= 4 is 11.6 Å². The highest BCUT2D eigenvalue weighted by atomic mass is 16.2. The molecule has 2 aliphatic rings. The predicted molar refractivity (Wildman–Crippen MR) is 97.2 cm³/mol. The molecule has 0 saturated carbocycles. The molecule has 0 aliphatic carbocycles. The summed E-state index contributed by atoms with van der Waals surface area (Å²) in [7, 11) is 2.19. The van der Waals surface area contributed by atoms with Crippen molar-refractivity contribution in [2.45, 2.75) is 32.6 Å². The van der Waals surface area contributed by atoms with Crippen LogP contribution in [0.4, 0.5) is 5.69 Å². The highest BCUT2D eigenvalue weighted by Crippen LogP contribution is 2.22. The van der Waals surface area contributed by atoms with E-state index in [1.807, 2.05) is 12.4 Å². The molecule has 1 atom stereocenters. The fraction of sp³-hybridized carbons (Fsp3) is 0.684. The molecule has 3 rings (SSSR count). The van der Waals surface area contributed by atoms with E-state index in [2.05, 4.69) is 39.7 Å². The molecule has 0 bridgehead atoms. The summed E-state index contributed by atoms with van der Waals surface area (Å²) in [5.41, 5.74) is 2.46. The van der Waals surface area contributed by atoms with Crippen molar-refractivity contribution in [1.82, 2.24) is 14.8 Å². The summed E-state index contributed by atoms with van der Waals surface area (Å²) in [6, 6.07) is 2.08. The first-order valence-corrected chi connectivity index (χ1v) is 9.25. The molecule has 24 heavy (non-hydrogen) atoms. The Hall–Kier alpha value is -1.62. The third kappa shape index (κ3) is 4.26. The number of likely N-dealkylation sites (tertiary alicyclic amines) is 1. The van der Waals surface area contributed by atoms with Crippen LogP contribution in [0.1, 0.15) is 31.2 Å². The number of amides is 1. The number of aryl methyl sites for hydroxylation is 1. The molecule has 132 valence electrons. The van der Waals surface area contributed by atoms with Gasteiger partial charge >= 0.3 is 0 Å². The van der Waals surface area contributed by atoms with Gasteiger partial charge in [-0.15, -0.1) is 0 Å². The maximum atomic E-state index is 12.5. The summed E-state index contributed by atoms with van der Waals surface area (Å²) in [5.74, 6) is 1.04. The Morgan fingerprint density at radius 1 is 1.25 bits per heavy atom. The van der Waals surface area contributed by atoms with Crippen molar-refractivity contribution in [1.29, 1.82) is 0 Å². The minimum absolute atomic E-state index is 0.342. The summed E-state index contributed by atoms with van der Waals surface area (Å²) in [4.78, 5) is 23.5. The van der Waals surface area contributed by atoms with Gasteiger partial charge in [-0.2, -0.15) is 0 Å². The van der Waals surface area contributed by atoms with E-state index in [0.29, 0.717) is 18.2 Å². The molecule has 1 aromatic heterocycles. The molecule has 2 fully saturated rings. The highest BCUT2D eigenvalue weighted by molar-refractivity contribution is 5.76. The molecular weight excluding hydrogens is 300 g/mol. The van der Waals surface area contributed by atoms with Crippen molar-refractivity contribution in [3.63, 3.8) is 0 Å². The van der Waals surface area contributed by atoms with Gasteiger partial charge in [0.2, 0.25) is 5.91 Å². The zero-order valence-corrected chi connectivity index (χ0v) is 15.1. The maximum absolute atomic E-state index is 12.5. The van der Waals surface area contributed by atoms with Crippen LogP contribution in [0.25, 0.3) is 0 Å². The SMILES string of the molecule is Cc1cnccc1N1CCN(C(=O)CCC2CCCN(C)C2)CC1. The van der Waals surface area contributed by atoms with E-state index in [0.717, 1.165) is 39.1 Å². The van der Waals surface area contributed by atoms with E-state index in [1.165, 1.54) is 30.6 Å². The predicted octanol–water partition coefficient (Wildman–Crippen LogP) is 2.16. The number of carbonyl (C=O) groups is 1. The first kappa shape index (κ1) is 17.2. The van der Waals surface area contributed by atoms with Crippen LogP contribution in [0.3, 0.4) is 0 Å². The lowest BCUT2D eigenvalue weighted by Crippen LogP contribution is -2.49. The van der Waals surface area contributed by atoms with E-state index < -0.39 is 0 Å². The summed E-state index contributed by atoms with van der Waals surface area (Å²) >= 11 is 0. The summed E-state index contributed by atoms with van der Waals surface area (Å²) in [6.07, 6.45) is 8.08. The van der Waals surface area contributed by atoms with Gasteiger partial charge in [0.05, 0.1) is 0 Å². The van der Waals surface area contributed by atoms with Gasteiger partial charge in [0.25, 0.3) is 0 Å². The number of piperidine rings is 1. The van der Waals surface area contributed by atoms with Crippen LogP contribution in [-0.4, -0.2) is 67.0 Å². The molecule has 2 saturated heterocycles. The Labute approximate surface area is 145 Å². The molecule has 1 aromatic rings. The Bertz CT molecular complexity index is 554. The van der Waals surface area contributed by atoms with Crippen molar-refractivity contribution in [2.75, 3.05) is 51.2 Å². The molecule has 0 radical (unpaired) electrons. The number of hydrogen-bond acceptors (Lipinski definition) is 4. The van der Waals surface area contributed by atoms with Gasteiger partial charge in [-0.3, -0.25) is 9.78 Å². The van der Waals surface area contributed by atoms with Gasteiger partial charge in [-0.05, 0) is 57.3 Å². The number of carbonyl (C=O) groups excluding carboxylic acids is 1. The topological polar surface area (TPSA) is 39.7 Å². The zero-order valence-electron chi connectivity index (χ0n) is 15.1. The van der Waals surface area contributed by atoms with E-state index >= 15 is 0 Å². The third-order valence-corrected chi connectivity index (χ3v) is 5.45. The van der Waals surface area contributed by atoms with Crippen molar-refractivity contribution in [3.8, 4) is 0 Å². The molecule has 1 amide bonds. The smallest absolute Gasteiger partial charge is 0.222 e. The van der Waals surface area contributed by atoms with Crippen LogP contribution in [0.15, 0.2) is 18.5 Å². The summed E-state index contributed by atoms with van der Waals surface area (Å²) < 4.78 is 0. The Kier molecular flexibility index (Phi) is 5.72. The van der Waals surface area contributed by atoms with Gasteiger partial charge in [0.15, 0.2) is 0 Å². The maximum Gasteiger partial charge on any atom is 0.222 e. The fourth-order valence-electron chi connectivity index (χ4n) is 4.01. The lowest BCUT2D eigenvalue weighted by molar-refractivity contribution is -0.131. The van der Waals surface area contributed by atoms with Crippen LogP contribution in [0.2, 0.25) is 0 Å². The van der Waals surface area contributed by atoms with Gasteiger partial charge in [-0.25, -0.2) is 0 Å². The monoisotopic (exact) mass is 330 g/mol. The molecule has 0 N–H and O–H groups in total. The average Bonchev–Trinajstić information content (AvgIpc) is 2.60. The lowest BCUT2D eigenvalue weighted by Gasteiger charge is -2.37. The quantitative estimate of drug-likeness (QED) is 0.848. The largest absolute Gasteiger partial charge is 0.368 e. The molecular formula is C19H30N4O.